The lowest BCUT2D eigenvalue weighted by molar-refractivity contribution is -0.133. The molecule has 1 saturated carbocycles. The topological polar surface area (TPSA) is 68.0 Å². The zero-order valence-corrected chi connectivity index (χ0v) is 11.5. The van der Waals surface area contributed by atoms with E-state index in [0.29, 0.717) is 6.04 Å². The van der Waals surface area contributed by atoms with Crippen LogP contribution in [0.25, 0.3) is 11.2 Å². The maximum atomic E-state index is 10.7. The molecule has 3 rings (SSSR count). The number of pyridine rings is 1. The van der Waals surface area contributed by atoms with E-state index in [1.807, 2.05) is 13.0 Å². The highest BCUT2D eigenvalue weighted by molar-refractivity contribution is 7.99. The Morgan fingerprint density at radius 1 is 1.58 bits per heavy atom. The Bertz CT molecular complexity index is 634. The van der Waals surface area contributed by atoms with Crippen LogP contribution in [0.1, 0.15) is 30.9 Å². The monoisotopic (exact) mass is 277 g/mol. The number of hydrogen-bond donors (Lipinski definition) is 1. The molecule has 100 valence electrons. The van der Waals surface area contributed by atoms with Crippen LogP contribution in [0.2, 0.25) is 0 Å². The number of hydrogen-bond acceptors (Lipinski definition) is 4. The van der Waals surface area contributed by atoms with Crippen molar-refractivity contribution < 1.29 is 9.90 Å². The van der Waals surface area contributed by atoms with Gasteiger partial charge in [0.15, 0.2) is 10.8 Å². The van der Waals surface area contributed by atoms with Gasteiger partial charge >= 0.3 is 5.97 Å². The Labute approximate surface area is 115 Å². The van der Waals surface area contributed by atoms with Gasteiger partial charge < -0.3 is 9.67 Å². The minimum atomic E-state index is -0.818. The summed E-state index contributed by atoms with van der Waals surface area (Å²) in [6, 6.07) is 2.36. The molecule has 6 heteroatoms. The minimum Gasteiger partial charge on any atom is -0.481 e. The van der Waals surface area contributed by atoms with Crippen LogP contribution in [0, 0.1) is 6.92 Å². The molecule has 1 aliphatic carbocycles. The Morgan fingerprint density at radius 3 is 3.00 bits per heavy atom. The average Bonchev–Trinajstić information content (AvgIpc) is 2.65. The molecule has 5 nitrogen and oxygen atoms in total. The molecule has 19 heavy (non-hydrogen) atoms. The lowest BCUT2D eigenvalue weighted by atomic mass is 9.93. The van der Waals surface area contributed by atoms with Crippen molar-refractivity contribution in [3.05, 3.63) is 17.8 Å². The Hall–Kier alpha value is -1.56. The van der Waals surface area contributed by atoms with Gasteiger partial charge in [-0.25, -0.2) is 9.97 Å². The molecule has 1 aliphatic rings. The van der Waals surface area contributed by atoms with Crippen molar-refractivity contribution in [3.63, 3.8) is 0 Å². The first-order valence-corrected chi connectivity index (χ1v) is 7.33. The smallest absolute Gasteiger partial charge is 0.313 e. The van der Waals surface area contributed by atoms with Gasteiger partial charge in [-0.2, -0.15) is 0 Å². The maximum absolute atomic E-state index is 10.7. The molecule has 0 saturated heterocycles. The summed E-state index contributed by atoms with van der Waals surface area (Å²) in [5, 5.41) is 9.61. The van der Waals surface area contributed by atoms with Crippen molar-refractivity contribution in [2.75, 3.05) is 5.75 Å². The Morgan fingerprint density at radius 2 is 2.37 bits per heavy atom. The molecule has 1 N–H and O–H groups in total. The van der Waals surface area contributed by atoms with Gasteiger partial charge in [0.05, 0.1) is 5.75 Å². The fourth-order valence-corrected chi connectivity index (χ4v) is 3.08. The molecule has 2 aromatic heterocycles. The van der Waals surface area contributed by atoms with Crippen molar-refractivity contribution in [3.8, 4) is 0 Å². The Balaban J connectivity index is 2.07. The molecule has 0 atom stereocenters. The molecule has 0 bridgehead atoms. The van der Waals surface area contributed by atoms with Gasteiger partial charge in [0, 0.05) is 12.2 Å². The first-order valence-electron chi connectivity index (χ1n) is 6.35. The van der Waals surface area contributed by atoms with E-state index in [1.54, 1.807) is 6.20 Å². The summed E-state index contributed by atoms with van der Waals surface area (Å²) in [6.45, 7) is 2.01. The fourth-order valence-electron chi connectivity index (χ4n) is 2.29. The number of thioether (sulfide) groups is 1. The van der Waals surface area contributed by atoms with Crippen molar-refractivity contribution in [1.29, 1.82) is 0 Å². The number of nitrogens with zero attached hydrogens (tertiary/aromatic N) is 3. The first-order chi connectivity index (χ1) is 9.16. The molecule has 0 spiro atoms. The van der Waals surface area contributed by atoms with Crippen LogP contribution in [0.5, 0.6) is 0 Å². The summed E-state index contributed by atoms with van der Waals surface area (Å²) in [5.74, 6) is -0.781. The van der Waals surface area contributed by atoms with E-state index < -0.39 is 5.97 Å². The van der Waals surface area contributed by atoms with E-state index in [0.717, 1.165) is 34.7 Å². The van der Waals surface area contributed by atoms with Crippen molar-refractivity contribution in [2.45, 2.75) is 37.4 Å². The summed E-state index contributed by atoms with van der Waals surface area (Å²) in [6.07, 6.45) is 5.27. The summed E-state index contributed by atoms with van der Waals surface area (Å²) < 4.78 is 2.12. The van der Waals surface area contributed by atoms with Gasteiger partial charge in [0.25, 0.3) is 0 Å². The highest BCUT2D eigenvalue weighted by Crippen LogP contribution is 2.37. The van der Waals surface area contributed by atoms with Crippen LogP contribution in [0.4, 0.5) is 0 Å². The van der Waals surface area contributed by atoms with Crippen molar-refractivity contribution in [1.82, 2.24) is 14.5 Å². The predicted molar refractivity (Wildman–Crippen MR) is 73.5 cm³/mol. The fraction of sp³-hybridized carbons (Fsp3) is 0.462. The first kappa shape index (κ1) is 12.5. The van der Waals surface area contributed by atoms with Gasteiger partial charge in [-0.15, -0.1) is 0 Å². The third-order valence-electron chi connectivity index (χ3n) is 3.51. The largest absolute Gasteiger partial charge is 0.481 e. The molecule has 0 aromatic carbocycles. The number of carboxylic acid groups (broad SMARTS) is 1. The molecule has 0 unspecified atom stereocenters. The summed E-state index contributed by atoms with van der Waals surface area (Å²) in [5.41, 5.74) is 2.86. The SMILES string of the molecule is Cc1ccnc2c1nc(SCC(=O)O)n2C1CCC1. The van der Waals surface area contributed by atoms with Gasteiger partial charge in [-0.3, -0.25) is 4.79 Å². The van der Waals surface area contributed by atoms with Crippen molar-refractivity contribution in [2.24, 2.45) is 0 Å². The van der Waals surface area contributed by atoms with Crippen LogP contribution in [-0.4, -0.2) is 31.4 Å². The van der Waals surface area contributed by atoms with E-state index in [9.17, 15) is 4.79 Å². The number of rotatable bonds is 4. The van der Waals surface area contributed by atoms with Gasteiger partial charge in [0.2, 0.25) is 0 Å². The van der Waals surface area contributed by atoms with Crippen molar-refractivity contribution >= 4 is 28.9 Å². The Kier molecular flexibility index (Phi) is 3.18. The number of carboxylic acids is 1. The number of aryl methyl sites for hydroxylation is 1. The molecular weight excluding hydrogens is 262 g/mol. The third kappa shape index (κ3) is 2.20. The average molecular weight is 277 g/mol. The third-order valence-corrected chi connectivity index (χ3v) is 4.45. The number of aliphatic carboxylic acids is 1. The zero-order chi connectivity index (χ0) is 13.4. The molecule has 2 heterocycles. The van der Waals surface area contributed by atoms with Gasteiger partial charge in [0.1, 0.15) is 5.52 Å². The standard InChI is InChI=1S/C13H15N3O2S/c1-8-5-6-14-12-11(8)15-13(19-7-10(17)18)16(12)9-3-2-4-9/h5-6,9H,2-4,7H2,1H3,(H,17,18). The maximum Gasteiger partial charge on any atom is 0.313 e. The molecule has 0 aliphatic heterocycles. The second-order valence-corrected chi connectivity index (χ2v) is 5.77. The molecule has 0 amide bonds. The highest BCUT2D eigenvalue weighted by atomic mass is 32.2. The zero-order valence-electron chi connectivity index (χ0n) is 10.7. The van der Waals surface area contributed by atoms with Crippen LogP contribution in [-0.2, 0) is 4.79 Å². The van der Waals surface area contributed by atoms with Crippen LogP contribution >= 0.6 is 11.8 Å². The predicted octanol–water partition coefficient (Wildman–Crippen LogP) is 2.64. The summed E-state index contributed by atoms with van der Waals surface area (Å²) in [4.78, 5) is 19.8. The molecule has 2 aromatic rings. The van der Waals surface area contributed by atoms with E-state index >= 15 is 0 Å². The van der Waals surface area contributed by atoms with Crippen LogP contribution < -0.4 is 0 Å². The summed E-state index contributed by atoms with van der Waals surface area (Å²) >= 11 is 1.28. The van der Waals surface area contributed by atoms with Gasteiger partial charge in [-0.1, -0.05) is 11.8 Å². The number of fused-ring (bicyclic) bond motifs is 1. The van der Waals surface area contributed by atoms with Crippen LogP contribution in [0.15, 0.2) is 17.4 Å². The second-order valence-electron chi connectivity index (χ2n) is 4.83. The lowest BCUT2D eigenvalue weighted by Crippen LogP contribution is -2.18. The second kappa shape index (κ2) is 4.85. The number of imidazole rings is 1. The number of carbonyl (C=O) groups is 1. The molecule has 0 radical (unpaired) electrons. The van der Waals surface area contributed by atoms with Crippen LogP contribution in [0.3, 0.4) is 0 Å². The molecular formula is C13H15N3O2S. The molecule has 1 fully saturated rings. The number of aromatic nitrogens is 3. The van der Waals surface area contributed by atoms with E-state index in [1.165, 1.54) is 18.2 Å². The lowest BCUT2D eigenvalue weighted by Gasteiger charge is -2.28. The highest BCUT2D eigenvalue weighted by Gasteiger charge is 2.26. The normalized spacial score (nSPS) is 15.6. The van der Waals surface area contributed by atoms with E-state index in [4.69, 9.17) is 5.11 Å². The quantitative estimate of drug-likeness (QED) is 0.870. The van der Waals surface area contributed by atoms with E-state index in [-0.39, 0.29) is 5.75 Å². The van der Waals surface area contributed by atoms with E-state index in [2.05, 4.69) is 14.5 Å². The minimum absolute atomic E-state index is 0.0368. The summed E-state index contributed by atoms with van der Waals surface area (Å²) in [7, 11) is 0. The van der Waals surface area contributed by atoms with Gasteiger partial charge in [-0.05, 0) is 37.8 Å².